The van der Waals surface area contributed by atoms with Crippen LogP contribution >= 0.6 is 28.3 Å². The van der Waals surface area contributed by atoms with Crippen molar-refractivity contribution in [3.63, 3.8) is 0 Å². The molecule has 1 saturated heterocycles. The van der Waals surface area contributed by atoms with Crippen LogP contribution in [0.15, 0.2) is 16.6 Å². The highest BCUT2D eigenvalue weighted by molar-refractivity contribution is 9.10. The van der Waals surface area contributed by atoms with E-state index in [2.05, 4.69) is 21.2 Å². The zero-order valence-corrected chi connectivity index (χ0v) is 11.9. The molecule has 1 amide bonds. The summed E-state index contributed by atoms with van der Waals surface area (Å²) in [6, 6.07) is 2.25. The van der Waals surface area contributed by atoms with Crippen LogP contribution in [-0.4, -0.2) is 22.7 Å². The van der Waals surface area contributed by atoms with Crippen LogP contribution in [0.4, 0.5) is 10.5 Å². The number of carbonyl (C=O) groups is 1. The molecule has 1 atom stereocenters. The fraction of sp³-hybridized carbons (Fsp3) is 0.300. The van der Waals surface area contributed by atoms with Gasteiger partial charge >= 0.3 is 11.8 Å². The summed E-state index contributed by atoms with van der Waals surface area (Å²) in [4.78, 5) is 21.2. The van der Waals surface area contributed by atoms with E-state index in [1.807, 2.05) is 0 Å². The lowest BCUT2D eigenvalue weighted by Gasteiger charge is -2.24. The monoisotopic (exact) mass is 352 g/mol. The molecule has 0 spiro atoms. The topological polar surface area (TPSA) is 102 Å². The third-order valence-electron chi connectivity index (χ3n) is 2.59. The first-order valence-electron chi connectivity index (χ1n) is 5.09. The molecule has 0 bridgehead atoms. The summed E-state index contributed by atoms with van der Waals surface area (Å²) in [5, 5.41) is 23.2. The maximum absolute atomic E-state index is 11.1. The van der Waals surface area contributed by atoms with Gasteiger partial charge in [0.05, 0.1) is 17.6 Å². The Morgan fingerprint density at radius 2 is 2.21 bits per heavy atom. The molecule has 0 unspecified atom stereocenters. The number of cyclic esters (lactones) is 1. The number of hydrogen-bond acceptors (Lipinski definition) is 5. The van der Waals surface area contributed by atoms with Crippen molar-refractivity contribution in [3.05, 3.63) is 32.3 Å². The zero-order chi connectivity index (χ0) is 13.3. The fourth-order valence-electron chi connectivity index (χ4n) is 1.77. The van der Waals surface area contributed by atoms with E-state index in [0.717, 1.165) is 0 Å². The molecule has 1 aliphatic heterocycles. The van der Waals surface area contributed by atoms with Crippen LogP contribution in [0, 0.1) is 10.1 Å². The molecule has 7 nitrogen and oxygen atoms in total. The number of aromatic hydroxyl groups is 1. The van der Waals surface area contributed by atoms with E-state index in [1.54, 1.807) is 6.07 Å². The molecule has 0 radical (unpaired) electrons. The van der Waals surface area contributed by atoms with Gasteiger partial charge in [0, 0.05) is 22.5 Å². The van der Waals surface area contributed by atoms with Gasteiger partial charge < -0.3 is 15.2 Å². The van der Waals surface area contributed by atoms with Crippen molar-refractivity contribution in [2.45, 2.75) is 12.5 Å². The fourth-order valence-corrected chi connectivity index (χ4v) is 2.23. The number of amides is 1. The Morgan fingerprint density at radius 1 is 1.53 bits per heavy atom. The van der Waals surface area contributed by atoms with Gasteiger partial charge in [0.1, 0.15) is 0 Å². The highest BCUT2D eigenvalue weighted by atomic mass is 79.9. The van der Waals surface area contributed by atoms with E-state index in [0.29, 0.717) is 16.5 Å². The number of phenolic OH excluding ortho intramolecular Hbond substituents is 1. The van der Waals surface area contributed by atoms with Gasteiger partial charge in [-0.25, -0.2) is 4.79 Å². The number of benzene rings is 1. The van der Waals surface area contributed by atoms with Gasteiger partial charge in [-0.15, -0.1) is 12.4 Å². The molecular formula is C10H10BrClN2O5. The molecule has 1 aromatic carbocycles. The quantitative estimate of drug-likeness (QED) is 0.628. The average Bonchev–Trinajstić information content (AvgIpc) is 2.31. The molecule has 1 heterocycles. The molecule has 104 valence electrons. The highest BCUT2D eigenvalue weighted by Crippen LogP contribution is 2.38. The second-order valence-corrected chi connectivity index (χ2v) is 4.66. The molecule has 1 aliphatic rings. The summed E-state index contributed by atoms with van der Waals surface area (Å²) in [7, 11) is 0. The van der Waals surface area contributed by atoms with Crippen molar-refractivity contribution in [1.82, 2.24) is 5.32 Å². The van der Waals surface area contributed by atoms with Gasteiger partial charge in [0.25, 0.3) is 0 Å². The van der Waals surface area contributed by atoms with Crippen LogP contribution < -0.4 is 5.32 Å². The minimum absolute atomic E-state index is 0. The predicted octanol–water partition coefficient (Wildman–Crippen LogP) is 2.66. The molecular weight excluding hydrogens is 343 g/mol. The normalized spacial score (nSPS) is 17.9. The van der Waals surface area contributed by atoms with Crippen molar-refractivity contribution in [2.24, 2.45) is 0 Å². The summed E-state index contributed by atoms with van der Waals surface area (Å²) >= 11 is 3.14. The number of nitrogens with one attached hydrogen (secondary N) is 1. The van der Waals surface area contributed by atoms with Crippen LogP contribution in [0.25, 0.3) is 0 Å². The largest absolute Gasteiger partial charge is 0.502 e. The molecule has 19 heavy (non-hydrogen) atoms. The van der Waals surface area contributed by atoms with E-state index in [9.17, 15) is 20.0 Å². The Kier molecular flexibility index (Phi) is 4.96. The molecule has 0 saturated carbocycles. The summed E-state index contributed by atoms with van der Waals surface area (Å²) in [6.07, 6.45) is -0.166. The first kappa shape index (κ1) is 15.5. The third-order valence-corrected chi connectivity index (χ3v) is 3.05. The standard InChI is InChI=1S/C10H9BrN2O5.ClH/c11-5-3-6(7-1-2-18-10(15)12-7)9(14)8(4-5)13(16)17;/h3-4,7,14H,1-2H2,(H,12,15);1H/t7-;/m0./s1. The predicted molar refractivity (Wildman–Crippen MR) is 71.6 cm³/mol. The summed E-state index contributed by atoms with van der Waals surface area (Å²) in [5.41, 5.74) is -0.104. The summed E-state index contributed by atoms with van der Waals surface area (Å²) in [6.45, 7) is 0.205. The lowest BCUT2D eigenvalue weighted by molar-refractivity contribution is -0.386. The van der Waals surface area contributed by atoms with Gasteiger partial charge in [0.15, 0.2) is 5.75 Å². The summed E-state index contributed by atoms with van der Waals surface area (Å²) in [5.74, 6) is -0.435. The molecule has 0 aliphatic carbocycles. The Bertz CT molecular complexity index is 525. The number of rotatable bonds is 2. The van der Waals surface area contributed by atoms with Gasteiger partial charge in [-0.2, -0.15) is 0 Å². The molecule has 0 aromatic heterocycles. The van der Waals surface area contributed by atoms with Gasteiger partial charge in [-0.05, 0) is 6.07 Å². The average molecular weight is 354 g/mol. The van der Waals surface area contributed by atoms with Crippen molar-refractivity contribution in [2.75, 3.05) is 6.61 Å². The van der Waals surface area contributed by atoms with Crippen molar-refractivity contribution in [1.29, 1.82) is 0 Å². The zero-order valence-electron chi connectivity index (χ0n) is 9.46. The minimum Gasteiger partial charge on any atom is -0.502 e. The van der Waals surface area contributed by atoms with Crippen molar-refractivity contribution in [3.8, 4) is 5.75 Å². The van der Waals surface area contributed by atoms with Gasteiger partial charge in [0.2, 0.25) is 0 Å². The number of nitro benzene ring substituents is 1. The SMILES string of the molecule is Cl.O=C1N[C@H](c2cc(Br)cc([N+](=O)[O-])c2O)CCO1. The smallest absolute Gasteiger partial charge is 0.407 e. The lowest BCUT2D eigenvalue weighted by Crippen LogP contribution is -2.35. The van der Waals surface area contributed by atoms with Crippen LogP contribution in [0.5, 0.6) is 5.75 Å². The molecule has 9 heteroatoms. The molecule has 1 fully saturated rings. The maximum atomic E-state index is 11.1. The number of hydrogen-bond donors (Lipinski definition) is 2. The Balaban J connectivity index is 0.00000180. The highest BCUT2D eigenvalue weighted by Gasteiger charge is 2.27. The van der Waals surface area contributed by atoms with Crippen LogP contribution in [-0.2, 0) is 4.74 Å². The number of nitro groups is 1. The van der Waals surface area contributed by atoms with E-state index >= 15 is 0 Å². The Hall–Kier alpha value is -1.54. The van der Waals surface area contributed by atoms with Crippen LogP contribution in [0.3, 0.4) is 0 Å². The number of alkyl carbamates (subject to hydrolysis) is 1. The van der Waals surface area contributed by atoms with Gasteiger partial charge in [-0.1, -0.05) is 15.9 Å². The molecule has 1 aromatic rings. The Labute approximate surface area is 122 Å². The second kappa shape index (κ2) is 6.07. The maximum Gasteiger partial charge on any atom is 0.407 e. The minimum atomic E-state index is -0.676. The van der Waals surface area contributed by atoms with Crippen molar-refractivity contribution >= 4 is 40.1 Å². The molecule has 2 rings (SSSR count). The third kappa shape index (κ3) is 3.27. The van der Waals surface area contributed by atoms with E-state index in [1.165, 1.54) is 6.07 Å². The first-order valence-corrected chi connectivity index (χ1v) is 5.88. The van der Waals surface area contributed by atoms with Crippen LogP contribution in [0.2, 0.25) is 0 Å². The van der Waals surface area contributed by atoms with Crippen LogP contribution in [0.1, 0.15) is 18.0 Å². The Morgan fingerprint density at radius 3 is 2.79 bits per heavy atom. The van der Waals surface area contributed by atoms with E-state index in [4.69, 9.17) is 4.74 Å². The number of halogens is 2. The number of nitrogens with zero attached hydrogens (tertiary/aromatic N) is 1. The number of phenols is 1. The van der Waals surface area contributed by atoms with E-state index < -0.39 is 28.5 Å². The molecule has 2 N–H and O–H groups in total. The lowest BCUT2D eigenvalue weighted by atomic mass is 10.0. The number of ether oxygens (including phenoxy) is 1. The first-order chi connectivity index (χ1) is 8.49. The summed E-state index contributed by atoms with van der Waals surface area (Å²) < 4.78 is 5.16. The van der Waals surface area contributed by atoms with Gasteiger partial charge in [-0.3, -0.25) is 10.1 Å². The number of carbonyl (C=O) groups excluding carboxylic acids is 1. The second-order valence-electron chi connectivity index (χ2n) is 3.74. The van der Waals surface area contributed by atoms with E-state index in [-0.39, 0.29) is 19.0 Å². The van der Waals surface area contributed by atoms with Crippen molar-refractivity contribution < 1.29 is 19.6 Å².